The number of fused-ring (bicyclic) bond motifs is 1. The maximum absolute atomic E-state index is 9.24. The normalized spacial score (nSPS) is 10.9. The Morgan fingerprint density at radius 1 is 0.917 bits per heavy atom. The third-order valence-corrected chi connectivity index (χ3v) is 3.94. The van der Waals surface area contributed by atoms with E-state index in [0.717, 1.165) is 11.0 Å². The minimum atomic E-state index is 0.00225. The Labute approximate surface area is 140 Å². The molecular formula is C18H21N3O3. The molecule has 0 aliphatic rings. The van der Waals surface area contributed by atoms with E-state index in [-0.39, 0.29) is 6.61 Å². The third kappa shape index (κ3) is 3.00. The highest BCUT2D eigenvalue weighted by atomic mass is 16.5. The van der Waals surface area contributed by atoms with Crippen LogP contribution in [0, 0.1) is 5.41 Å². The van der Waals surface area contributed by atoms with Crippen LogP contribution in [0.25, 0.3) is 11.0 Å². The molecule has 1 aromatic heterocycles. The molecule has 0 unspecified atom stereocenters. The average molecular weight is 327 g/mol. The molecule has 0 atom stereocenters. The molecule has 2 N–H and O–H groups in total. The first-order valence-electron chi connectivity index (χ1n) is 7.85. The largest absolute Gasteiger partial charge is 0.493 e. The Morgan fingerprint density at radius 2 is 1.50 bits per heavy atom. The molecule has 2 aromatic carbocycles. The quantitative estimate of drug-likeness (QED) is 0.697. The molecule has 0 radical (unpaired) electrons. The number of rotatable bonds is 7. The SMILES string of the molecule is COc1ccccc1OCCn1c(=N)n(CCO)c2ccccc21. The molecular weight excluding hydrogens is 306 g/mol. The van der Waals surface area contributed by atoms with Crippen molar-refractivity contribution in [2.45, 2.75) is 13.1 Å². The van der Waals surface area contributed by atoms with Gasteiger partial charge in [-0.1, -0.05) is 24.3 Å². The lowest BCUT2D eigenvalue weighted by Gasteiger charge is -2.11. The zero-order valence-electron chi connectivity index (χ0n) is 13.6. The van der Waals surface area contributed by atoms with Gasteiger partial charge in [0.05, 0.1) is 31.3 Å². The van der Waals surface area contributed by atoms with E-state index in [1.807, 2.05) is 53.1 Å². The lowest BCUT2D eigenvalue weighted by Crippen LogP contribution is -2.27. The van der Waals surface area contributed by atoms with Gasteiger partial charge in [-0.25, -0.2) is 0 Å². The van der Waals surface area contributed by atoms with Crippen LogP contribution in [0.2, 0.25) is 0 Å². The molecule has 0 fully saturated rings. The first-order chi connectivity index (χ1) is 11.8. The molecule has 0 aliphatic carbocycles. The molecule has 3 rings (SSSR count). The van der Waals surface area contributed by atoms with Crippen molar-refractivity contribution in [3.05, 3.63) is 54.1 Å². The van der Waals surface area contributed by atoms with Crippen LogP contribution in [-0.4, -0.2) is 34.6 Å². The molecule has 0 saturated carbocycles. The first-order valence-corrected chi connectivity index (χ1v) is 7.85. The van der Waals surface area contributed by atoms with Gasteiger partial charge < -0.3 is 23.7 Å². The fourth-order valence-corrected chi connectivity index (χ4v) is 2.83. The second kappa shape index (κ2) is 7.23. The van der Waals surface area contributed by atoms with Crippen molar-refractivity contribution >= 4 is 11.0 Å². The minimum absolute atomic E-state index is 0.00225. The number of aliphatic hydroxyl groups excluding tert-OH is 1. The monoisotopic (exact) mass is 327 g/mol. The van der Waals surface area contributed by atoms with E-state index < -0.39 is 0 Å². The molecule has 0 amide bonds. The van der Waals surface area contributed by atoms with Crippen LogP contribution in [-0.2, 0) is 13.1 Å². The number of methoxy groups -OCH3 is 1. The number of nitrogens with zero attached hydrogens (tertiary/aromatic N) is 2. The number of aromatic nitrogens is 2. The van der Waals surface area contributed by atoms with Gasteiger partial charge >= 0.3 is 0 Å². The minimum Gasteiger partial charge on any atom is -0.493 e. The van der Waals surface area contributed by atoms with Crippen LogP contribution >= 0.6 is 0 Å². The van der Waals surface area contributed by atoms with E-state index in [1.54, 1.807) is 11.7 Å². The Bertz CT molecular complexity index is 883. The standard InChI is InChI=1S/C18H21N3O3/c1-23-16-8-4-5-9-17(16)24-13-11-21-15-7-3-2-6-14(15)20(10-12-22)18(21)19/h2-9,19,22H,10-13H2,1H3. The Kier molecular flexibility index (Phi) is 4.86. The molecule has 0 aliphatic heterocycles. The summed E-state index contributed by atoms with van der Waals surface area (Å²) in [6.07, 6.45) is 0. The highest BCUT2D eigenvalue weighted by molar-refractivity contribution is 5.75. The fraction of sp³-hybridized carbons (Fsp3) is 0.278. The van der Waals surface area contributed by atoms with Crippen molar-refractivity contribution in [1.82, 2.24) is 9.13 Å². The van der Waals surface area contributed by atoms with Gasteiger partial charge in [0.15, 0.2) is 11.5 Å². The smallest absolute Gasteiger partial charge is 0.203 e. The van der Waals surface area contributed by atoms with E-state index in [9.17, 15) is 5.11 Å². The number of para-hydroxylation sites is 4. The molecule has 0 saturated heterocycles. The number of nitrogens with one attached hydrogen (secondary N) is 1. The molecule has 6 heteroatoms. The van der Waals surface area contributed by atoms with Gasteiger partial charge in [-0.2, -0.15) is 0 Å². The van der Waals surface area contributed by atoms with Crippen molar-refractivity contribution in [2.24, 2.45) is 0 Å². The average Bonchev–Trinajstić information content (AvgIpc) is 2.88. The van der Waals surface area contributed by atoms with Gasteiger partial charge in [-0.3, -0.25) is 5.41 Å². The van der Waals surface area contributed by atoms with E-state index in [2.05, 4.69) is 0 Å². The van der Waals surface area contributed by atoms with Gasteiger partial charge in [0, 0.05) is 6.54 Å². The number of imidazole rings is 1. The van der Waals surface area contributed by atoms with E-state index >= 15 is 0 Å². The molecule has 0 spiro atoms. The Morgan fingerprint density at radius 3 is 2.12 bits per heavy atom. The summed E-state index contributed by atoms with van der Waals surface area (Å²) in [5.74, 6) is 1.38. The van der Waals surface area contributed by atoms with Crippen LogP contribution in [0.5, 0.6) is 11.5 Å². The highest BCUT2D eigenvalue weighted by Gasteiger charge is 2.10. The van der Waals surface area contributed by atoms with E-state index in [4.69, 9.17) is 14.9 Å². The summed E-state index contributed by atoms with van der Waals surface area (Å²) in [4.78, 5) is 0. The van der Waals surface area contributed by atoms with Gasteiger partial charge in [0.25, 0.3) is 0 Å². The van der Waals surface area contributed by atoms with Crippen LogP contribution < -0.4 is 15.1 Å². The molecule has 0 bridgehead atoms. The van der Waals surface area contributed by atoms with Crippen molar-refractivity contribution in [2.75, 3.05) is 20.3 Å². The number of ether oxygens (including phenoxy) is 2. The zero-order chi connectivity index (χ0) is 16.9. The number of aliphatic hydroxyl groups is 1. The van der Waals surface area contributed by atoms with Crippen molar-refractivity contribution in [1.29, 1.82) is 5.41 Å². The molecule has 6 nitrogen and oxygen atoms in total. The first kappa shape index (κ1) is 16.1. The van der Waals surface area contributed by atoms with Gasteiger partial charge in [-0.05, 0) is 24.3 Å². The lowest BCUT2D eigenvalue weighted by atomic mass is 10.3. The number of hydrogen-bond acceptors (Lipinski definition) is 4. The summed E-state index contributed by atoms with van der Waals surface area (Å²) in [5.41, 5.74) is 2.25. The van der Waals surface area contributed by atoms with Crippen molar-refractivity contribution in [3.8, 4) is 11.5 Å². The van der Waals surface area contributed by atoms with Crippen LogP contribution in [0.4, 0.5) is 0 Å². The highest BCUT2D eigenvalue weighted by Crippen LogP contribution is 2.25. The van der Waals surface area contributed by atoms with E-state index in [1.165, 1.54) is 0 Å². The molecule has 24 heavy (non-hydrogen) atoms. The molecule has 1 heterocycles. The molecule has 126 valence electrons. The summed E-state index contributed by atoms with van der Waals surface area (Å²) in [6, 6.07) is 15.3. The maximum atomic E-state index is 9.24. The van der Waals surface area contributed by atoms with Gasteiger partial charge in [0.1, 0.15) is 6.61 Å². The third-order valence-electron chi connectivity index (χ3n) is 3.94. The van der Waals surface area contributed by atoms with Crippen LogP contribution in [0.15, 0.2) is 48.5 Å². The van der Waals surface area contributed by atoms with Gasteiger partial charge in [-0.15, -0.1) is 0 Å². The van der Waals surface area contributed by atoms with E-state index in [0.29, 0.717) is 36.8 Å². The van der Waals surface area contributed by atoms with Crippen molar-refractivity contribution < 1.29 is 14.6 Å². The molecule has 3 aromatic rings. The topological polar surface area (TPSA) is 72.4 Å². The summed E-state index contributed by atoms with van der Waals surface area (Å²) < 4.78 is 14.8. The lowest BCUT2D eigenvalue weighted by molar-refractivity contribution is 0.268. The Hall–Kier alpha value is -2.73. The predicted molar refractivity (Wildman–Crippen MR) is 91.4 cm³/mol. The van der Waals surface area contributed by atoms with Crippen LogP contribution in [0.3, 0.4) is 0 Å². The predicted octanol–water partition coefficient (Wildman–Crippen LogP) is 2.00. The zero-order valence-corrected chi connectivity index (χ0v) is 13.6. The number of benzene rings is 2. The van der Waals surface area contributed by atoms with Gasteiger partial charge in [0.2, 0.25) is 5.62 Å². The summed E-state index contributed by atoms with van der Waals surface area (Å²) in [6.45, 7) is 1.36. The summed E-state index contributed by atoms with van der Waals surface area (Å²) in [5, 5.41) is 17.6. The number of hydrogen-bond donors (Lipinski definition) is 2. The van der Waals surface area contributed by atoms with Crippen molar-refractivity contribution in [3.63, 3.8) is 0 Å². The second-order valence-electron chi connectivity index (χ2n) is 5.34. The fourth-order valence-electron chi connectivity index (χ4n) is 2.83. The second-order valence-corrected chi connectivity index (χ2v) is 5.34. The maximum Gasteiger partial charge on any atom is 0.203 e. The van der Waals surface area contributed by atoms with Crippen LogP contribution in [0.1, 0.15) is 0 Å². The Balaban J connectivity index is 1.83. The summed E-state index contributed by atoms with van der Waals surface area (Å²) >= 11 is 0. The summed E-state index contributed by atoms with van der Waals surface area (Å²) in [7, 11) is 1.61.